The number of ether oxygens (including phenoxy) is 1. The zero-order valence-corrected chi connectivity index (χ0v) is 10.1. The highest BCUT2D eigenvalue weighted by atomic mass is 35.5. The number of amides is 1. The summed E-state index contributed by atoms with van der Waals surface area (Å²) in [4.78, 5) is 36.0. The number of nitrogens with one attached hydrogen (secondary N) is 2. The van der Waals surface area contributed by atoms with Crippen molar-refractivity contribution in [2.24, 2.45) is 0 Å². The smallest absolute Gasteiger partial charge is 0.329 e. The summed E-state index contributed by atoms with van der Waals surface area (Å²) in [6, 6.07) is 0. The van der Waals surface area contributed by atoms with Gasteiger partial charge in [0.05, 0.1) is 6.33 Å². The summed E-state index contributed by atoms with van der Waals surface area (Å²) >= 11 is 5.85. The Morgan fingerprint density at radius 3 is 2.95 bits per heavy atom. The number of halogens is 1. The Bertz CT molecular complexity index is 628. The van der Waals surface area contributed by atoms with Crippen LogP contribution >= 0.6 is 11.6 Å². The molecule has 0 radical (unpaired) electrons. The lowest BCUT2D eigenvalue weighted by Gasteiger charge is -2.04. The Balaban J connectivity index is 2.00. The summed E-state index contributed by atoms with van der Waals surface area (Å²) in [5.41, 5.74) is 0.767. The third-order valence-corrected chi connectivity index (χ3v) is 2.22. The van der Waals surface area contributed by atoms with Crippen molar-refractivity contribution in [1.29, 1.82) is 0 Å². The van der Waals surface area contributed by atoms with E-state index in [1.54, 1.807) is 0 Å². The number of rotatable bonds is 5. The molecule has 0 aliphatic heterocycles. The molecule has 19 heavy (non-hydrogen) atoms. The molecule has 2 heterocycles. The van der Waals surface area contributed by atoms with Gasteiger partial charge in [-0.2, -0.15) is 9.97 Å². The Hall–Kier alpha value is -2.26. The van der Waals surface area contributed by atoms with Crippen molar-refractivity contribution in [3.8, 4) is 0 Å². The van der Waals surface area contributed by atoms with E-state index in [0.717, 1.165) is 0 Å². The fourth-order valence-corrected chi connectivity index (χ4v) is 1.46. The van der Waals surface area contributed by atoms with Gasteiger partial charge in [0, 0.05) is 0 Å². The van der Waals surface area contributed by atoms with Crippen molar-refractivity contribution in [3.05, 3.63) is 11.5 Å². The molecular weight excluding hydrogens is 278 g/mol. The van der Waals surface area contributed by atoms with Crippen molar-refractivity contribution in [3.63, 3.8) is 0 Å². The summed E-state index contributed by atoms with van der Waals surface area (Å²) in [5.74, 6) is -1.79. The van der Waals surface area contributed by atoms with Gasteiger partial charge in [-0.15, -0.1) is 0 Å². The molecule has 2 rings (SSSR count). The third kappa shape index (κ3) is 3.36. The summed E-state index contributed by atoms with van der Waals surface area (Å²) in [6.07, 6.45) is 1.40. The Kier molecular flexibility index (Phi) is 3.88. The lowest BCUT2D eigenvalue weighted by molar-refractivity contribution is -0.143. The van der Waals surface area contributed by atoms with E-state index >= 15 is 0 Å². The predicted octanol–water partition coefficient (Wildman–Crippen LogP) is 0.0460. The second-order valence-corrected chi connectivity index (χ2v) is 3.73. The van der Waals surface area contributed by atoms with Gasteiger partial charge in [-0.05, 0) is 0 Å². The van der Waals surface area contributed by atoms with Crippen LogP contribution in [0.3, 0.4) is 0 Å². The molecule has 0 saturated carbocycles. The molecule has 0 aliphatic rings. The van der Waals surface area contributed by atoms with E-state index in [1.165, 1.54) is 6.33 Å². The van der Waals surface area contributed by atoms with Crippen LogP contribution in [0.15, 0.2) is 6.33 Å². The van der Waals surface area contributed by atoms with Crippen LogP contribution in [0.4, 0.5) is 5.95 Å². The van der Waals surface area contributed by atoms with E-state index in [1.807, 2.05) is 0 Å². The number of imidazole rings is 1. The first-order chi connectivity index (χ1) is 9.06. The Morgan fingerprint density at radius 2 is 2.21 bits per heavy atom. The van der Waals surface area contributed by atoms with Gasteiger partial charge in [0.2, 0.25) is 5.95 Å². The number of nitrogens with zero attached hydrogens (tertiary/aromatic N) is 3. The number of fused-ring (bicyclic) bond motifs is 1. The number of hydrogen-bond donors (Lipinski definition) is 3. The molecule has 0 aliphatic carbocycles. The molecule has 0 atom stereocenters. The van der Waals surface area contributed by atoms with E-state index in [2.05, 4.69) is 30.0 Å². The van der Waals surface area contributed by atoms with Crippen molar-refractivity contribution in [2.45, 2.75) is 0 Å². The molecule has 10 heteroatoms. The average Bonchev–Trinajstić information content (AvgIpc) is 2.76. The quantitative estimate of drug-likeness (QED) is 0.661. The molecule has 0 spiro atoms. The first kappa shape index (κ1) is 13.2. The van der Waals surface area contributed by atoms with Crippen molar-refractivity contribution < 1.29 is 19.4 Å². The van der Waals surface area contributed by atoms with Crippen LogP contribution in [0.25, 0.3) is 11.2 Å². The number of carbonyl (C=O) groups is 2. The first-order valence-electron chi connectivity index (χ1n) is 5.02. The fourth-order valence-electron chi connectivity index (χ4n) is 1.25. The molecular formula is C9H8ClN5O4. The van der Waals surface area contributed by atoms with Gasteiger partial charge in [-0.25, -0.2) is 9.78 Å². The molecule has 0 unspecified atom stereocenters. The molecule has 0 bridgehead atoms. The Morgan fingerprint density at radius 1 is 1.42 bits per heavy atom. The summed E-state index contributed by atoms with van der Waals surface area (Å²) in [7, 11) is 0. The van der Waals surface area contributed by atoms with Crippen molar-refractivity contribution in [1.82, 2.24) is 19.9 Å². The highest BCUT2D eigenvalue weighted by Crippen LogP contribution is 2.17. The van der Waals surface area contributed by atoms with E-state index in [0.29, 0.717) is 11.2 Å². The zero-order chi connectivity index (χ0) is 13.8. The zero-order valence-electron chi connectivity index (χ0n) is 9.38. The minimum Gasteiger partial charge on any atom is -0.480 e. The van der Waals surface area contributed by atoms with E-state index in [9.17, 15) is 9.59 Å². The second kappa shape index (κ2) is 5.59. The van der Waals surface area contributed by atoms with Crippen LogP contribution < -0.4 is 5.32 Å². The topological polar surface area (TPSA) is 130 Å². The summed E-state index contributed by atoms with van der Waals surface area (Å²) in [5, 5.41) is 10.8. The number of carboxylic acids is 1. The fraction of sp³-hybridized carbons (Fsp3) is 0.222. The maximum atomic E-state index is 11.4. The molecule has 2 aromatic rings. The maximum absolute atomic E-state index is 11.4. The molecule has 0 saturated heterocycles. The standard InChI is InChI=1S/C9H8ClN5O4/c10-7-6-8(12-3-11-6)15-9(14-7)13-4(16)1-19-2-5(17)18/h3H,1-2H2,(H,17,18)(H2,11,12,13,14,15,16). The highest BCUT2D eigenvalue weighted by Gasteiger charge is 2.11. The van der Waals surface area contributed by atoms with Crippen molar-refractivity contribution in [2.75, 3.05) is 18.5 Å². The van der Waals surface area contributed by atoms with Crippen LogP contribution in [0, 0.1) is 0 Å². The SMILES string of the molecule is O=C(O)COCC(=O)Nc1nc(Cl)c2[nH]cnc2n1. The number of aromatic nitrogens is 4. The Labute approximate surface area is 111 Å². The monoisotopic (exact) mass is 285 g/mol. The molecule has 2 aromatic heterocycles. The van der Waals surface area contributed by atoms with Gasteiger partial charge >= 0.3 is 5.97 Å². The van der Waals surface area contributed by atoms with Crippen LogP contribution in [0.1, 0.15) is 0 Å². The van der Waals surface area contributed by atoms with Crippen molar-refractivity contribution >= 4 is 40.6 Å². The van der Waals surface area contributed by atoms with Crippen LogP contribution in [-0.2, 0) is 14.3 Å². The van der Waals surface area contributed by atoms with Gasteiger partial charge in [-0.3, -0.25) is 10.1 Å². The lowest BCUT2D eigenvalue weighted by atomic mass is 10.5. The highest BCUT2D eigenvalue weighted by molar-refractivity contribution is 6.33. The molecule has 1 amide bonds. The molecule has 0 aromatic carbocycles. The van der Waals surface area contributed by atoms with E-state index in [-0.39, 0.29) is 11.1 Å². The number of aliphatic carboxylic acids is 1. The number of H-pyrrole nitrogens is 1. The number of carbonyl (C=O) groups excluding carboxylic acids is 1. The number of carboxylic acid groups (broad SMARTS) is 1. The molecule has 3 N–H and O–H groups in total. The minimum absolute atomic E-state index is 0.0338. The summed E-state index contributed by atoms with van der Waals surface area (Å²) in [6.45, 7) is -0.987. The van der Waals surface area contributed by atoms with Crippen LogP contribution in [0.2, 0.25) is 5.15 Å². The third-order valence-electron chi connectivity index (χ3n) is 1.95. The van der Waals surface area contributed by atoms with Gasteiger partial charge in [0.25, 0.3) is 5.91 Å². The molecule has 0 fully saturated rings. The van der Waals surface area contributed by atoms with E-state index < -0.39 is 25.1 Å². The van der Waals surface area contributed by atoms with Gasteiger partial charge in [-0.1, -0.05) is 11.6 Å². The summed E-state index contributed by atoms with van der Waals surface area (Å²) < 4.78 is 4.61. The minimum atomic E-state index is -1.16. The molecule has 100 valence electrons. The van der Waals surface area contributed by atoms with Crippen LogP contribution in [-0.4, -0.2) is 50.1 Å². The van der Waals surface area contributed by atoms with Gasteiger partial charge in [0.15, 0.2) is 10.8 Å². The largest absolute Gasteiger partial charge is 0.480 e. The predicted molar refractivity (Wildman–Crippen MR) is 63.8 cm³/mol. The van der Waals surface area contributed by atoms with E-state index in [4.69, 9.17) is 16.7 Å². The average molecular weight is 286 g/mol. The number of hydrogen-bond acceptors (Lipinski definition) is 6. The van der Waals surface area contributed by atoms with Gasteiger partial charge < -0.3 is 14.8 Å². The number of aromatic amines is 1. The number of anilines is 1. The lowest BCUT2D eigenvalue weighted by Crippen LogP contribution is -2.21. The van der Waals surface area contributed by atoms with Crippen LogP contribution in [0.5, 0.6) is 0 Å². The first-order valence-corrected chi connectivity index (χ1v) is 5.40. The second-order valence-electron chi connectivity index (χ2n) is 3.37. The molecule has 9 nitrogen and oxygen atoms in total. The maximum Gasteiger partial charge on any atom is 0.329 e. The van der Waals surface area contributed by atoms with Gasteiger partial charge in [0.1, 0.15) is 18.7 Å². The normalized spacial score (nSPS) is 10.6.